The lowest BCUT2D eigenvalue weighted by Crippen LogP contribution is -2.19. The van der Waals surface area contributed by atoms with Gasteiger partial charge in [-0.15, -0.1) is 0 Å². The molecule has 1 fully saturated rings. The summed E-state index contributed by atoms with van der Waals surface area (Å²) >= 11 is 6.05. The number of hydrogen-bond acceptors (Lipinski definition) is 3. The van der Waals surface area contributed by atoms with E-state index in [1.165, 1.54) is 0 Å². The molecule has 1 aliphatic heterocycles. The average molecular weight is 257 g/mol. The van der Waals surface area contributed by atoms with Gasteiger partial charge in [-0.05, 0) is 31.0 Å². The van der Waals surface area contributed by atoms with Gasteiger partial charge in [-0.3, -0.25) is 0 Å². The van der Waals surface area contributed by atoms with E-state index < -0.39 is 6.10 Å². The second-order valence-corrected chi connectivity index (χ2v) is 4.77. The number of methoxy groups -OCH3 is 1. The van der Waals surface area contributed by atoms with E-state index >= 15 is 0 Å². The molecule has 0 aliphatic carbocycles. The molecule has 1 aromatic rings. The smallest absolute Gasteiger partial charge is 0.137 e. The summed E-state index contributed by atoms with van der Waals surface area (Å²) in [5, 5.41) is 10.8. The third-order valence-electron chi connectivity index (χ3n) is 3.36. The van der Waals surface area contributed by atoms with Gasteiger partial charge >= 0.3 is 0 Å². The molecule has 1 heterocycles. The summed E-state index contributed by atoms with van der Waals surface area (Å²) in [4.78, 5) is 0. The molecule has 17 heavy (non-hydrogen) atoms. The van der Waals surface area contributed by atoms with Gasteiger partial charge in [-0.25, -0.2) is 0 Å². The molecule has 2 rings (SSSR count). The Labute approximate surface area is 106 Å². The maximum Gasteiger partial charge on any atom is 0.137 e. The van der Waals surface area contributed by atoms with E-state index in [1.807, 2.05) is 13.0 Å². The molecule has 0 radical (unpaired) electrons. The third-order valence-corrected chi connectivity index (χ3v) is 3.65. The minimum Gasteiger partial charge on any atom is -0.495 e. The van der Waals surface area contributed by atoms with Crippen molar-refractivity contribution in [2.45, 2.75) is 25.6 Å². The first kappa shape index (κ1) is 12.7. The predicted molar refractivity (Wildman–Crippen MR) is 66.5 cm³/mol. The highest BCUT2D eigenvalue weighted by Gasteiger charge is 2.31. The second-order valence-electron chi connectivity index (χ2n) is 4.37. The van der Waals surface area contributed by atoms with Crippen molar-refractivity contribution < 1.29 is 14.6 Å². The molecular formula is C13H17ClO3. The Morgan fingerprint density at radius 1 is 1.53 bits per heavy atom. The van der Waals surface area contributed by atoms with Crippen molar-refractivity contribution in [3.8, 4) is 5.75 Å². The topological polar surface area (TPSA) is 38.7 Å². The summed E-state index contributed by atoms with van der Waals surface area (Å²) in [6.07, 6.45) is 0.438. The lowest BCUT2D eigenvalue weighted by Gasteiger charge is -2.21. The van der Waals surface area contributed by atoms with Gasteiger partial charge in [-0.2, -0.15) is 0 Å². The molecule has 1 aromatic carbocycles. The maximum atomic E-state index is 10.3. The van der Waals surface area contributed by atoms with Crippen molar-refractivity contribution in [2.75, 3.05) is 13.7 Å². The number of hydrogen-bond donors (Lipinski definition) is 1. The summed E-state index contributed by atoms with van der Waals surface area (Å²) in [6, 6.07) is 5.39. The quantitative estimate of drug-likeness (QED) is 0.904. The second kappa shape index (κ2) is 5.25. The average Bonchev–Trinajstić information content (AvgIpc) is 2.74. The molecular weight excluding hydrogens is 240 g/mol. The van der Waals surface area contributed by atoms with Gasteiger partial charge in [0, 0.05) is 12.5 Å². The van der Waals surface area contributed by atoms with E-state index in [0.717, 1.165) is 12.0 Å². The van der Waals surface area contributed by atoms with Crippen LogP contribution in [0.25, 0.3) is 0 Å². The number of ether oxygens (including phenoxy) is 2. The Morgan fingerprint density at radius 2 is 2.29 bits per heavy atom. The Bertz CT molecular complexity index is 394. The summed E-state index contributed by atoms with van der Waals surface area (Å²) < 4.78 is 10.6. The van der Waals surface area contributed by atoms with E-state index in [-0.39, 0.29) is 12.0 Å². The van der Waals surface area contributed by atoms with E-state index in [1.54, 1.807) is 19.2 Å². The molecule has 0 saturated carbocycles. The highest BCUT2D eigenvalue weighted by Crippen LogP contribution is 2.35. The first-order valence-electron chi connectivity index (χ1n) is 5.76. The van der Waals surface area contributed by atoms with Gasteiger partial charge in [0.1, 0.15) is 5.75 Å². The Hall–Kier alpha value is -0.770. The molecule has 1 aliphatic rings. The van der Waals surface area contributed by atoms with Crippen LogP contribution in [0.1, 0.15) is 25.0 Å². The summed E-state index contributed by atoms with van der Waals surface area (Å²) in [6.45, 7) is 2.71. The van der Waals surface area contributed by atoms with Crippen LogP contribution in [-0.4, -0.2) is 24.9 Å². The fourth-order valence-electron chi connectivity index (χ4n) is 2.28. The van der Waals surface area contributed by atoms with Gasteiger partial charge < -0.3 is 14.6 Å². The maximum absolute atomic E-state index is 10.3. The molecule has 0 bridgehead atoms. The first-order valence-corrected chi connectivity index (χ1v) is 6.14. The van der Waals surface area contributed by atoms with Crippen LogP contribution in [0, 0.1) is 5.92 Å². The van der Waals surface area contributed by atoms with Crippen LogP contribution in [0.3, 0.4) is 0 Å². The van der Waals surface area contributed by atoms with E-state index in [2.05, 4.69) is 0 Å². The van der Waals surface area contributed by atoms with E-state index in [4.69, 9.17) is 21.1 Å². The van der Waals surface area contributed by atoms with Crippen LogP contribution in [0.4, 0.5) is 0 Å². The molecule has 4 heteroatoms. The lowest BCUT2D eigenvalue weighted by molar-refractivity contribution is 0.0431. The Balaban J connectivity index is 2.19. The van der Waals surface area contributed by atoms with Crippen LogP contribution in [-0.2, 0) is 4.74 Å². The zero-order valence-corrected chi connectivity index (χ0v) is 10.8. The standard InChI is InChI=1S/C13H17ClO3/c1-8-10(5-6-17-8)13(15)9-3-4-12(16-2)11(14)7-9/h3-4,7-8,10,13,15H,5-6H2,1-2H3. The van der Waals surface area contributed by atoms with Gasteiger partial charge in [0.2, 0.25) is 0 Å². The molecule has 94 valence electrons. The van der Waals surface area contributed by atoms with Crippen LogP contribution < -0.4 is 4.74 Å². The normalized spacial score (nSPS) is 25.9. The van der Waals surface area contributed by atoms with Crippen LogP contribution in [0.15, 0.2) is 18.2 Å². The molecule has 0 spiro atoms. The minimum absolute atomic E-state index is 0.0888. The van der Waals surface area contributed by atoms with Gasteiger partial charge in [0.15, 0.2) is 0 Å². The Kier molecular flexibility index (Phi) is 3.92. The largest absolute Gasteiger partial charge is 0.495 e. The molecule has 1 N–H and O–H groups in total. The first-order chi connectivity index (χ1) is 8.13. The third kappa shape index (κ3) is 2.57. The number of aliphatic hydroxyl groups excluding tert-OH is 1. The van der Waals surface area contributed by atoms with E-state index in [0.29, 0.717) is 17.4 Å². The van der Waals surface area contributed by atoms with Gasteiger partial charge in [0.05, 0.1) is 24.3 Å². The van der Waals surface area contributed by atoms with Crippen LogP contribution in [0.2, 0.25) is 5.02 Å². The lowest BCUT2D eigenvalue weighted by atomic mass is 9.91. The van der Waals surface area contributed by atoms with Crippen molar-refractivity contribution >= 4 is 11.6 Å². The van der Waals surface area contributed by atoms with Crippen LogP contribution in [0.5, 0.6) is 5.75 Å². The minimum atomic E-state index is -0.532. The summed E-state index contributed by atoms with van der Waals surface area (Å²) in [7, 11) is 1.57. The monoisotopic (exact) mass is 256 g/mol. The zero-order valence-electron chi connectivity index (χ0n) is 10.0. The number of aliphatic hydroxyl groups is 1. The van der Waals surface area contributed by atoms with Crippen molar-refractivity contribution in [1.29, 1.82) is 0 Å². The SMILES string of the molecule is COc1ccc(C(O)C2CCOC2C)cc1Cl. The van der Waals surface area contributed by atoms with Crippen molar-refractivity contribution in [2.24, 2.45) is 5.92 Å². The molecule has 3 atom stereocenters. The predicted octanol–water partition coefficient (Wildman–Crippen LogP) is 2.81. The molecule has 0 amide bonds. The fraction of sp³-hybridized carbons (Fsp3) is 0.538. The summed E-state index contributed by atoms with van der Waals surface area (Å²) in [5.41, 5.74) is 0.818. The zero-order chi connectivity index (χ0) is 12.4. The fourth-order valence-corrected chi connectivity index (χ4v) is 2.54. The molecule has 3 nitrogen and oxygen atoms in total. The van der Waals surface area contributed by atoms with Gasteiger partial charge in [0.25, 0.3) is 0 Å². The van der Waals surface area contributed by atoms with Crippen molar-refractivity contribution in [1.82, 2.24) is 0 Å². The number of benzene rings is 1. The molecule has 0 aromatic heterocycles. The molecule has 1 saturated heterocycles. The van der Waals surface area contributed by atoms with E-state index in [9.17, 15) is 5.11 Å². The van der Waals surface area contributed by atoms with Gasteiger partial charge in [-0.1, -0.05) is 17.7 Å². The molecule has 3 unspecified atom stereocenters. The van der Waals surface area contributed by atoms with Crippen molar-refractivity contribution in [3.05, 3.63) is 28.8 Å². The number of halogens is 1. The highest BCUT2D eigenvalue weighted by atomic mass is 35.5. The Morgan fingerprint density at radius 3 is 2.82 bits per heavy atom. The summed E-state index contributed by atoms with van der Waals surface area (Å²) in [5.74, 6) is 0.762. The number of rotatable bonds is 3. The highest BCUT2D eigenvalue weighted by molar-refractivity contribution is 6.32. The van der Waals surface area contributed by atoms with Crippen LogP contribution >= 0.6 is 11.6 Å². The van der Waals surface area contributed by atoms with Crippen molar-refractivity contribution in [3.63, 3.8) is 0 Å².